The third-order valence-electron chi connectivity index (χ3n) is 5.07. The zero-order chi connectivity index (χ0) is 24.1. The number of carboxylic acid groups (broad SMARTS) is 1. The molecule has 0 saturated carbocycles. The van der Waals surface area contributed by atoms with Crippen LogP contribution in [0.1, 0.15) is 10.6 Å². The zero-order valence-corrected chi connectivity index (χ0v) is 20.2. The molecule has 0 atom stereocenters. The van der Waals surface area contributed by atoms with Crippen LogP contribution in [0.2, 0.25) is 5.02 Å². The lowest BCUT2D eigenvalue weighted by Gasteiger charge is -2.16. The van der Waals surface area contributed by atoms with Gasteiger partial charge in [0.05, 0.1) is 12.8 Å². The molecule has 174 valence electrons. The van der Waals surface area contributed by atoms with Crippen LogP contribution in [0.15, 0.2) is 66.0 Å². The average molecular weight is 496 g/mol. The van der Waals surface area contributed by atoms with Crippen molar-refractivity contribution in [2.24, 2.45) is 0 Å². The first-order valence-corrected chi connectivity index (χ1v) is 11.7. The van der Waals surface area contributed by atoms with E-state index in [1.165, 1.54) is 11.3 Å². The fraction of sp³-hybridized carbons (Fsp3) is 0.154. The molecule has 1 N–H and O–H groups in total. The Morgan fingerprint density at radius 2 is 1.71 bits per heavy atom. The first-order valence-electron chi connectivity index (χ1n) is 10.4. The number of nitrogens with zero attached hydrogens (tertiary/aromatic N) is 1. The molecule has 0 spiro atoms. The normalized spacial score (nSPS) is 10.7. The molecule has 0 aliphatic carbocycles. The Morgan fingerprint density at radius 3 is 2.38 bits per heavy atom. The molecular formula is C26H22ClNO5S. The highest BCUT2D eigenvalue weighted by molar-refractivity contribution is 7.09. The lowest BCUT2D eigenvalue weighted by Crippen LogP contribution is -2.10. The lowest BCUT2D eigenvalue weighted by atomic mass is 10.0. The summed E-state index contributed by atoms with van der Waals surface area (Å²) < 4.78 is 16.9. The number of aliphatic carboxylic acids is 1. The number of methoxy groups -OCH3 is 1. The number of aryl methyl sites for hydroxylation is 1. The second kappa shape index (κ2) is 10.6. The van der Waals surface area contributed by atoms with Crippen molar-refractivity contribution in [2.75, 3.05) is 13.7 Å². The van der Waals surface area contributed by atoms with Gasteiger partial charge in [-0.1, -0.05) is 35.9 Å². The van der Waals surface area contributed by atoms with E-state index >= 15 is 0 Å². The largest absolute Gasteiger partial charge is 0.497 e. The zero-order valence-electron chi connectivity index (χ0n) is 18.6. The van der Waals surface area contributed by atoms with Crippen molar-refractivity contribution < 1.29 is 24.1 Å². The van der Waals surface area contributed by atoms with E-state index in [2.05, 4.69) is 4.98 Å². The number of benzene rings is 3. The summed E-state index contributed by atoms with van der Waals surface area (Å²) in [4.78, 5) is 15.7. The Kier molecular flexibility index (Phi) is 7.35. The Bertz CT molecular complexity index is 1290. The van der Waals surface area contributed by atoms with Crippen molar-refractivity contribution in [1.29, 1.82) is 0 Å². The number of aromatic nitrogens is 1. The molecule has 0 aliphatic rings. The van der Waals surface area contributed by atoms with E-state index in [4.69, 9.17) is 30.9 Å². The van der Waals surface area contributed by atoms with Gasteiger partial charge in [-0.25, -0.2) is 9.78 Å². The number of carbonyl (C=O) groups is 1. The van der Waals surface area contributed by atoms with Crippen LogP contribution in [0, 0.1) is 6.92 Å². The number of ether oxygens (including phenoxy) is 3. The predicted molar refractivity (Wildman–Crippen MR) is 133 cm³/mol. The summed E-state index contributed by atoms with van der Waals surface area (Å²) in [7, 11) is 1.61. The third-order valence-corrected chi connectivity index (χ3v) is 6.15. The Labute approximate surface area is 206 Å². The smallest absolute Gasteiger partial charge is 0.341 e. The molecule has 8 heteroatoms. The van der Waals surface area contributed by atoms with Gasteiger partial charge >= 0.3 is 5.97 Å². The van der Waals surface area contributed by atoms with Crippen LogP contribution in [0.4, 0.5) is 0 Å². The second-order valence-corrected chi connectivity index (χ2v) is 8.83. The van der Waals surface area contributed by atoms with E-state index < -0.39 is 12.6 Å². The molecule has 0 aliphatic heterocycles. The number of thiazole rings is 1. The standard InChI is InChI=1S/C26H22ClNO5S/c1-16-11-24(32-13-25-28-22(15-34-25)18-3-7-19(27)8-4-18)21(12-23(16)33-14-26(29)30)17-5-9-20(31-2)10-6-17/h3-12,15H,13-14H2,1-2H3,(H,29,30). The fourth-order valence-electron chi connectivity index (χ4n) is 3.34. The van der Waals surface area contributed by atoms with Crippen LogP contribution in [-0.4, -0.2) is 29.8 Å². The molecule has 4 aromatic rings. The summed E-state index contributed by atoms with van der Waals surface area (Å²) in [6.07, 6.45) is 0. The first kappa shape index (κ1) is 23.6. The van der Waals surface area contributed by atoms with Crippen molar-refractivity contribution in [3.05, 3.63) is 81.6 Å². The Morgan fingerprint density at radius 1 is 1.00 bits per heavy atom. The summed E-state index contributed by atoms with van der Waals surface area (Å²) in [5, 5.41) is 12.5. The van der Waals surface area contributed by atoms with Gasteiger partial charge in [-0.2, -0.15) is 0 Å². The second-order valence-electron chi connectivity index (χ2n) is 7.45. The van der Waals surface area contributed by atoms with E-state index in [9.17, 15) is 4.79 Å². The van der Waals surface area contributed by atoms with E-state index in [1.54, 1.807) is 13.2 Å². The summed E-state index contributed by atoms with van der Waals surface area (Å²) in [6.45, 7) is 1.72. The molecule has 1 aromatic heterocycles. The van der Waals surface area contributed by atoms with Crippen LogP contribution < -0.4 is 14.2 Å². The van der Waals surface area contributed by atoms with Gasteiger partial charge in [0.1, 0.15) is 28.9 Å². The quantitative estimate of drug-likeness (QED) is 0.286. The van der Waals surface area contributed by atoms with Crippen LogP contribution in [0.25, 0.3) is 22.4 Å². The molecule has 0 unspecified atom stereocenters. The highest BCUT2D eigenvalue weighted by atomic mass is 35.5. The van der Waals surface area contributed by atoms with Crippen LogP contribution in [-0.2, 0) is 11.4 Å². The number of hydrogen-bond donors (Lipinski definition) is 1. The van der Waals surface area contributed by atoms with Crippen molar-refractivity contribution in [1.82, 2.24) is 4.98 Å². The molecule has 0 amide bonds. The van der Waals surface area contributed by atoms with Crippen LogP contribution >= 0.6 is 22.9 Å². The fourth-order valence-corrected chi connectivity index (χ4v) is 4.18. The predicted octanol–water partition coefficient (Wildman–Crippen LogP) is 6.49. The Balaban J connectivity index is 1.60. The first-order chi connectivity index (χ1) is 16.4. The van der Waals surface area contributed by atoms with Crippen molar-refractivity contribution in [3.63, 3.8) is 0 Å². The van der Waals surface area contributed by atoms with Crippen molar-refractivity contribution in [2.45, 2.75) is 13.5 Å². The molecule has 0 fully saturated rings. The summed E-state index contributed by atoms with van der Waals surface area (Å²) in [5.41, 5.74) is 4.29. The van der Waals surface area contributed by atoms with Gasteiger partial charge in [0.15, 0.2) is 6.61 Å². The monoisotopic (exact) mass is 495 g/mol. The van der Waals surface area contributed by atoms with Crippen molar-refractivity contribution >= 4 is 28.9 Å². The SMILES string of the molecule is COc1ccc(-c2cc(OCC(=O)O)c(C)cc2OCc2nc(-c3ccc(Cl)cc3)cs2)cc1. The summed E-state index contributed by atoms with van der Waals surface area (Å²) in [6, 6.07) is 18.7. The molecule has 3 aromatic carbocycles. The van der Waals surface area contributed by atoms with Crippen molar-refractivity contribution in [3.8, 4) is 39.6 Å². The minimum absolute atomic E-state index is 0.288. The average Bonchev–Trinajstić information content (AvgIpc) is 3.31. The number of carboxylic acids is 1. The van der Waals surface area contributed by atoms with E-state index in [0.717, 1.165) is 38.7 Å². The number of halogens is 1. The maximum atomic E-state index is 11.0. The lowest BCUT2D eigenvalue weighted by molar-refractivity contribution is -0.139. The van der Waals surface area contributed by atoms with E-state index in [0.29, 0.717) is 16.5 Å². The number of rotatable bonds is 9. The molecule has 1 heterocycles. The van der Waals surface area contributed by atoms with Gasteiger partial charge in [-0.05, 0) is 54.4 Å². The summed E-state index contributed by atoms with van der Waals surface area (Å²) >= 11 is 7.50. The van der Waals surface area contributed by atoms with Gasteiger partial charge in [0, 0.05) is 21.5 Å². The molecule has 0 radical (unpaired) electrons. The molecule has 0 bridgehead atoms. The maximum absolute atomic E-state index is 11.0. The molecule has 4 rings (SSSR count). The maximum Gasteiger partial charge on any atom is 0.341 e. The van der Waals surface area contributed by atoms with Gasteiger partial charge in [0.25, 0.3) is 0 Å². The molecule has 34 heavy (non-hydrogen) atoms. The van der Waals surface area contributed by atoms with Gasteiger partial charge < -0.3 is 19.3 Å². The highest BCUT2D eigenvalue weighted by Gasteiger charge is 2.14. The van der Waals surface area contributed by atoms with E-state index in [-0.39, 0.29) is 6.61 Å². The van der Waals surface area contributed by atoms with Gasteiger partial charge in [-0.15, -0.1) is 11.3 Å². The minimum Gasteiger partial charge on any atom is -0.497 e. The molecular weight excluding hydrogens is 474 g/mol. The minimum atomic E-state index is -1.04. The third kappa shape index (κ3) is 5.68. The Hall–Kier alpha value is -3.55. The van der Waals surface area contributed by atoms with Crippen LogP contribution in [0.5, 0.6) is 17.2 Å². The van der Waals surface area contributed by atoms with Gasteiger partial charge in [-0.3, -0.25) is 0 Å². The van der Waals surface area contributed by atoms with Crippen LogP contribution in [0.3, 0.4) is 0 Å². The van der Waals surface area contributed by atoms with Gasteiger partial charge in [0.2, 0.25) is 0 Å². The number of hydrogen-bond acceptors (Lipinski definition) is 6. The van der Waals surface area contributed by atoms with E-state index in [1.807, 2.05) is 66.9 Å². The highest BCUT2D eigenvalue weighted by Crippen LogP contribution is 2.37. The summed E-state index contributed by atoms with van der Waals surface area (Å²) in [5.74, 6) is 0.831. The molecule has 6 nitrogen and oxygen atoms in total. The topological polar surface area (TPSA) is 77.9 Å². The molecule has 0 saturated heterocycles.